The molecule has 0 aromatic rings. The lowest BCUT2D eigenvalue weighted by molar-refractivity contribution is -0.161. The molecule has 0 spiro atoms. The summed E-state index contributed by atoms with van der Waals surface area (Å²) in [5, 5.41) is 9.71. The molecule has 88 heavy (non-hydrogen) atoms. The number of hydrogen-bond acceptors (Lipinski definition) is 5. The van der Waals surface area contributed by atoms with Crippen LogP contribution in [0, 0.1) is 0 Å². The molecule has 0 amide bonds. The Morgan fingerprint density at radius 3 is 0.682 bits per heavy atom. The van der Waals surface area contributed by atoms with Crippen molar-refractivity contribution in [2.45, 2.75) is 315 Å². The minimum atomic E-state index is -0.787. The first-order chi connectivity index (χ1) is 43.6. The minimum Gasteiger partial charge on any atom is -0.462 e. The van der Waals surface area contributed by atoms with Crippen LogP contribution in [0.15, 0.2) is 182 Å². The maximum Gasteiger partial charge on any atom is 0.306 e. The van der Waals surface area contributed by atoms with Crippen molar-refractivity contribution < 1.29 is 24.2 Å². The molecule has 1 atom stereocenters. The van der Waals surface area contributed by atoms with Gasteiger partial charge in [0.25, 0.3) is 0 Å². The summed E-state index contributed by atoms with van der Waals surface area (Å²) in [6.07, 6.45) is 119. The molecular formula is C83H134O5. The zero-order valence-corrected chi connectivity index (χ0v) is 56.9. The van der Waals surface area contributed by atoms with E-state index in [0.717, 1.165) is 135 Å². The Morgan fingerprint density at radius 2 is 0.455 bits per heavy atom. The zero-order chi connectivity index (χ0) is 63.3. The van der Waals surface area contributed by atoms with Crippen LogP contribution in [-0.2, 0) is 19.1 Å². The second-order valence-corrected chi connectivity index (χ2v) is 23.6. The van der Waals surface area contributed by atoms with Crippen LogP contribution < -0.4 is 0 Å². The number of unbranched alkanes of at least 4 members (excludes halogenated alkanes) is 27. The quantitative estimate of drug-likeness (QED) is 0.0373. The van der Waals surface area contributed by atoms with Gasteiger partial charge in [-0.25, -0.2) is 0 Å². The topological polar surface area (TPSA) is 72.8 Å². The predicted octanol–water partition coefficient (Wildman–Crippen LogP) is 25.8. The van der Waals surface area contributed by atoms with Gasteiger partial charge in [-0.2, -0.15) is 0 Å². The fourth-order valence-corrected chi connectivity index (χ4v) is 9.85. The van der Waals surface area contributed by atoms with E-state index in [1.807, 2.05) is 0 Å². The number of aliphatic hydroxyl groups excluding tert-OH is 1. The first kappa shape index (κ1) is 83.0. The molecule has 496 valence electrons. The van der Waals surface area contributed by atoms with Crippen LogP contribution >= 0.6 is 0 Å². The Labute approximate surface area is 544 Å². The van der Waals surface area contributed by atoms with Gasteiger partial charge in [-0.1, -0.05) is 344 Å². The molecule has 0 aliphatic rings. The molecule has 0 saturated heterocycles. The van der Waals surface area contributed by atoms with Gasteiger partial charge in [-0.15, -0.1) is 0 Å². The van der Waals surface area contributed by atoms with Crippen molar-refractivity contribution in [3.8, 4) is 0 Å². The Bertz CT molecular complexity index is 1960. The summed E-state index contributed by atoms with van der Waals surface area (Å²) < 4.78 is 10.8. The van der Waals surface area contributed by atoms with E-state index in [1.54, 1.807) is 0 Å². The van der Waals surface area contributed by atoms with Gasteiger partial charge in [-0.3, -0.25) is 9.59 Å². The van der Waals surface area contributed by atoms with Crippen molar-refractivity contribution >= 4 is 11.9 Å². The molecule has 5 nitrogen and oxygen atoms in total. The van der Waals surface area contributed by atoms with Gasteiger partial charge in [0.15, 0.2) is 6.10 Å². The van der Waals surface area contributed by atoms with Crippen LogP contribution in [0.3, 0.4) is 0 Å². The normalized spacial score (nSPS) is 13.4. The zero-order valence-electron chi connectivity index (χ0n) is 56.9. The number of ether oxygens (including phenoxy) is 2. The summed E-state index contributed by atoms with van der Waals surface area (Å²) in [4.78, 5) is 24.7. The van der Waals surface area contributed by atoms with E-state index in [-0.39, 0.29) is 25.2 Å². The number of aliphatic hydroxyl groups is 1. The monoisotopic (exact) mass is 1210 g/mol. The van der Waals surface area contributed by atoms with Gasteiger partial charge < -0.3 is 14.6 Å². The van der Waals surface area contributed by atoms with Crippen molar-refractivity contribution in [2.24, 2.45) is 0 Å². The van der Waals surface area contributed by atoms with Crippen molar-refractivity contribution in [3.63, 3.8) is 0 Å². The van der Waals surface area contributed by atoms with Crippen LogP contribution in [0.4, 0.5) is 0 Å². The van der Waals surface area contributed by atoms with E-state index in [1.165, 1.54) is 148 Å². The molecule has 0 heterocycles. The Morgan fingerprint density at radius 1 is 0.261 bits per heavy atom. The average molecular weight is 1210 g/mol. The molecule has 0 fully saturated rings. The van der Waals surface area contributed by atoms with Crippen LogP contribution in [0.2, 0.25) is 0 Å². The third-order valence-electron chi connectivity index (χ3n) is 15.2. The van der Waals surface area contributed by atoms with E-state index in [9.17, 15) is 14.7 Å². The predicted molar refractivity (Wildman–Crippen MR) is 389 cm³/mol. The van der Waals surface area contributed by atoms with Crippen LogP contribution in [0.1, 0.15) is 309 Å². The summed E-state index contributed by atoms with van der Waals surface area (Å²) in [5.74, 6) is -0.596. The van der Waals surface area contributed by atoms with Crippen LogP contribution in [-0.4, -0.2) is 36.4 Å². The van der Waals surface area contributed by atoms with E-state index < -0.39 is 6.10 Å². The average Bonchev–Trinajstić information content (AvgIpc) is 3.54. The summed E-state index contributed by atoms with van der Waals surface area (Å²) in [6, 6.07) is 0. The summed E-state index contributed by atoms with van der Waals surface area (Å²) in [5.41, 5.74) is 0. The number of carbonyl (C=O) groups excluding carboxylic acids is 2. The van der Waals surface area contributed by atoms with E-state index in [0.29, 0.717) is 12.8 Å². The van der Waals surface area contributed by atoms with Gasteiger partial charge in [-0.05, 0) is 135 Å². The molecule has 0 bridgehead atoms. The number of carbonyl (C=O) groups is 2. The molecule has 1 unspecified atom stereocenters. The number of hydrogen-bond donors (Lipinski definition) is 1. The highest BCUT2D eigenvalue weighted by Crippen LogP contribution is 2.17. The van der Waals surface area contributed by atoms with E-state index in [4.69, 9.17) is 9.47 Å². The van der Waals surface area contributed by atoms with Crippen molar-refractivity contribution in [2.75, 3.05) is 13.2 Å². The highest BCUT2D eigenvalue weighted by atomic mass is 16.6. The summed E-state index contributed by atoms with van der Waals surface area (Å²) >= 11 is 0. The van der Waals surface area contributed by atoms with Crippen LogP contribution in [0.5, 0.6) is 0 Å². The SMILES string of the molecule is CC/C=C\C/C=C\C/C=C\C/C=C\C/C=C\C/C=C\C/C=C\C/C=C\CCCCCCCCCCCCC(=O)OC(CO)COC(=O)CCCCCCCCCCCCCCCCCCC/C=C\C/C=C\C/C=C\C/C=C\C/C=C\C/C=C\C/C=C\CC. The molecular weight excluding hydrogens is 1080 g/mol. The third-order valence-corrected chi connectivity index (χ3v) is 15.2. The number of allylic oxidation sites excluding steroid dienone is 30. The van der Waals surface area contributed by atoms with Gasteiger partial charge >= 0.3 is 11.9 Å². The maximum absolute atomic E-state index is 12.4. The van der Waals surface area contributed by atoms with Gasteiger partial charge in [0.1, 0.15) is 6.61 Å². The number of rotatable bonds is 65. The van der Waals surface area contributed by atoms with E-state index in [2.05, 4.69) is 196 Å². The second kappa shape index (κ2) is 76.2. The lowest BCUT2D eigenvalue weighted by atomic mass is 10.0. The highest BCUT2D eigenvalue weighted by molar-refractivity contribution is 5.70. The Kier molecular flexibility index (Phi) is 71.9. The number of esters is 2. The standard InChI is InChI=1S/C83H134O5/c1-3-5-7-9-11-13-15-17-19-21-23-25-27-29-31-33-35-37-39-40-41-42-44-45-47-49-51-53-55-57-59-61-63-65-67-69-71-73-75-77-82(85)87-80-81(79-84)88-83(86)78-76-74-72-70-68-66-64-62-60-58-56-54-52-50-48-46-43-38-36-34-32-30-28-26-24-22-20-18-16-14-12-10-8-6-4-2/h5-8,11-14,17-20,23-26,29-32,35-38,40-41,46,48,52,54,81,84H,3-4,9-10,15-16,21-22,27-28,33-34,39,42-45,47,49-51,53,55-80H2,1-2H3/b7-5-,8-6-,13-11-,14-12-,19-17-,20-18-,25-23-,26-24-,31-29-,32-30-,37-35-,38-36-,41-40-,48-46-,54-52-. The van der Waals surface area contributed by atoms with Crippen molar-refractivity contribution in [1.82, 2.24) is 0 Å². The molecule has 0 aliphatic carbocycles. The highest BCUT2D eigenvalue weighted by Gasteiger charge is 2.16. The van der Waals surface area contributed by atoms with Crippen molar-refractivity contribution in [3.05, 3.63) is 182 Å². The van der Waals surface area contributed by atoms with Gasteiger partial charge in [0, 0.05) is 12.8 Å². The fraction of sp³-hybridized carbons (Fsp3) is 0.614. The molecule has 0 rings (SSSR count). The third kappa shape index (κ3) is 73.5. The fourth-order valence-electron chi connectivity index (χ4n) is 9.85. The second-order valence-electron chi connectivity index (χ2n) is 23.6. The minimum absolute atomic E-state index is 0.0749. The Balaban J connectivity index is 3.53. The smallest absolute Gasteiger partial charge is 0.306 e. The molecule has 0 aliphatic heterocycles. The van der Waals surface area contributed by atoms with Crippen molar-refractivity contribution in [1.29, 1.82) is 0 Å². The Hall–Kier alpha value is -5.00. The van der Waals surface area contributed by atoms with Gasteiger partial charge in [0.2, 0.25) is 0 Å². The van der Waals surface area contributed by atoms with E-state index >= 15 is 0 Å². The largest absolute Gasteiger partial charge is 0.462 e. The molecule has 0 aromatic heterocycles. The lowest BCUT2D eigenvalue weighted by Gasteiger charge is -2.15. The molecule has 5 heteroatoms. The van der Waals surface area contributed by atoms with Gasteiger partial charge in [0.05, 0.1) is 6.61 Å². The first-order valence-corrected chi connectivity index (χ1v) is 36.3. The lowest BCUT2D eigenvalue weighted by Crippen LogP contribution is -2.28. The summed E-state index contributed by atoms with van der Waals surface area (Å²) in [6.45, 7) is 3.92. The summed E-state index contributed by atoms with van der Waals surface area (Å²) in [7, 11) is 0. The van der Waals surface area contributed by atoms with Crippen LogP contribution in [0.25, 0.3) is 0 Å². The molecule has 0 aromatic carbocycles. The molecule has 1 N–H and O–H groups in total. The maximum atomic E-state index is 12.4. The molecule has 0 saturated carbocycles. The molecule has 0 radical (unpaired) electrons. The first-order valence-electron chi connectivity index (χ1n) is 36.3.